The van der Waals surface area contributed by atoms with Gasteiger partial charge in [0.1, 0.15) is 11.6 Å². The van der Waals surface area contributed by atoms with E-state index in [1.807, 2.05) is 41.3 Å². The minimum atomic E-state index is -0.365. The quantitative estimate of drug-likeness (QED) is 0.460. The number of piperidine rings is 1. The van der Waals surface area contributed by atoms with Crippen molar-refractivity contribution in [2.45, 2.75) is 26.2 Å². The highest BCUT2D eigenvalue weighted by molar-refractivity contribution is 5.97. The summed E-state index contributed by atoms with van der Waals surface area (Å²) in [6.45, 7) is 3.93. The first-order chi connectivity index (χ1) is 12.6. The monoisotopic (exact) mass is 355 g/mol. The number of ether oxygens (including phenoxy) is 1. The number of rotatable bonds is 7. The van der Waals surface area contributed by atoms with Gasteiger partial charge in [-0.2, -0.15) is 5.26 Å². The Morgan fingerprint density at radius 1 is 1.31 bits per heavy atom. The Labute approximate surface area is 154 Å². The van der Waals surface area contributed by atoms with E-state index in [2.05, 4.69) is 5.32 Å². The fourth-order valence-corrected chi connectivity index (χ4v) is 2.91. The lowest BCUT2D eigenvalue weighted by Crippen LogP contribution is -2.35. The van der Waals surface area contributed by atoms with Crippen molar-refractivity contribution in [3.63, 3.8) is 0 Å². The largest absolute Gasteiger partial charge is 0.466 e. The molecule has 1 fully saturated rings. The Bertz CT molecular complexity index is 671. The van der Waals surface area contributed by atoms with Crippen LogP contribution < -0.4 is 5.32 Å². The second-order valence-electron chi connectivity index (χ2n) is 6.21. The summed E-state index contributed by atoms with van der Waals surface area (Å²) in [5, 5.41) is 12.1. The molecule has 6 heteroatoms. The van der Waals surface area contributed by atoms with E-state index in [1.165, 1.54) is 0 Å². The van der Waals surface area contributed by atoms with Gasteiger partial charge in [0.15, 0.2) is 0 Å². The van der Waals surface area contributed by atoms with Crippen molar-refractivity contribution in [2.75, 3.05) is 26.2 Å². The number of carbonyl (C=O) groups is 2. The van der Waals surface area contributed by atoms with Gasteiger partial charge in [-0.1, -0.05) is 30.3 Å². The topological polar surface area (TPSA) is 82.4 Å². The molecule has 6 nitrogen and oxygen atoms in total. The van der Waals surface area contributed by atoms with Crippen molar-refractivity contribution < 1.29 is 14.3 Å². The zero-order chi connectivity index (χ0) is 18.8. The molecule has 1 saturated heterocycles. The highest BCUT2D eigenvalue weighted by atomic mass is 16.5. The molecule has 26 heavy (non-hydrogen) atoms. The standard InChI is InChI=1S/C20H25N3O3/c1-2-26-20(25)17-9-12-23(13-10-17)15-18(14-21)19(24)22-11-8-16-6-4-3-5-7-16/h3-7,15,17H,2,8-13H2,1H3,(H,22,24)/b18-15-. The summed E-state index contributed by atoms with van der Waals surface area (Å²) in [5.74, 6) is -0.615. The molecule has 1 aromatic rings. The highest BCUT2D eigenvalue weighted by Crippen LogP contribution is 2.19. The number of nitrogens with one attached hydrogen (secondary N) is 1. The fraction of sp³-hybridized carbons (Fsp3) is 0.450. The van der Waals surface area contributed by atoms with Gasteiger partial charge in [-0.05, 0) is 31.7 Å². The SMILES string of the molecule is CCOC(=O)C1CCN(/C=C(/C#N)C(=O)NCCc2ccccc2)CC1. The highest BCUT2D eigenvalue weighted by Gasteiger charge is 2.25. The average molecular weight is 355 g/mol. The van der Waals surface area contributed by atoms with E-state index >= 15 is 0 Å². The average Bonchev–Trinajstić information content (AvgIpc) is 2.67. The van der Waals surface area contributed by atoms with Crippen LogP contribution >= 0.6 is 0 Å². The fourth-order valence-electron chi connectivity index (χ4n) is 2.91. The second kappa shape index (κ2) is 10.2. The Kier molecular flexibility index (Phi) is 7.69. The Morgan fingerprint density at radius 2 is 2.00 bits per heavy atom. The maximum absolute atomic E-state index is 12.2. The van der Waals surface area contributed by atoms with Crippen LogP contribution in [0.1, 0.15) is 25.3 Å². The number of hydrogen-bond acceptors (Lipinski definition) is 5. The molecule has 2 rings (SSSR count). The smallest absolute Gasteiger partial charge is 0.309 e. The number of esters is 1. The second-order valence-corrected chi connectivity index (χ2v) is 6.21. The van der Waals surface area contributed by atoms with Crippen molar-refractivity contribution in [1.82, 2.24) is 10.2 Å². The van der Waals surface area contributed by atoms with Crippen LogP contribution in [-0.2, 0) is 20.7 Å². The summed E-state index contributed by atoms with van der Waals surface area (Å²) in [4.78, 5) is 25.9. The molecular formula is C20H25N3O3. The summed E-state index contributed by atoms with van der Waals surface area (Å²) >= 11 is 0. The summed E-state index contributed by atoms with van der Waals surface area (Å²) in [6.07, 6.45) is 3.66. The lowest BCUT2D eigenvalue weighted by molar-refractivity contribution is -0.149. The van der Waals surface area contributed by atoms with Crippen LogP contribution in [0.4, 0.5) is 0 Å². The Hall–Kier alpha value is -2.81. The molecule has 1 heterocycles. The van der Waals surface area contributed by atoms with E-state index in [-0.39, 0.29) is 23.4 Å². The van der Waals surface area contributed by atoms with Gasteiger partial charge in [0.05, 0.1) is 12.5 Å². The minimum absolute atomic E-state index is 0.0904. The first-order valence-electron chi connectivity index (χ1n) is 8.98. The predicted octanol–water partition coefficient (Wildman–Crippen LogP) is 2.03. The van der Waals surface area contributed by atoms with Gasteiger partial charge < -0.3 is 15.0 Å². The molecular weight excluding hydrogens is 330 g/mol. The van der Waals surface area contributed by atoms with Crippen molar-refractivity contribution >= 4 is 11.9 Å². The van der Waals surface area contributed by atoms with Gasteiger partial charge in [-0.15, -0.1) is 0 Å². The molecule has 0 saturated carbocycles. The van der Waals surface area contributed by atoms with Crippen molar-refractivity contribution in [2.24, 2.45) is 5.92 Å². The van der Waals surface area contributed by atoms with Crippen molar-refractivity contribution in [3.8, 4) is 6.07 Å². The number of hydrogen-bond donors (Lipinski definition) is 1. The maximum Gasteiger partial charge on any atom is 0.309 e. The van der Waals surface area contributed by atoms with E-state index in [9.17, 15) is 14.9 Å². The summed E-state index contributed by atoms with van der Waals surface area (Å²) in [6, 6.07) is 11.8. The van der Waals surface area contributed by atoms with Crippen molar-refractivity contribution in [3.05, 3.63) is 47.7 Å². The number of amides is 1. The van der Waals surface area contributed by atoms with Gasteiger partial charge in [0.25, 0.3) is 5.91 Å². The molecule has 0 atom stereocenters. The van der Waals surface area contributed by atoms with Gasteiger partial charge >= 0.3 is 5.97 Å². The number of likely N-dealkylation sites (tertiary alicyclic amines) is 1. The molecule has 0 aromatic heterocycles. The van der Waals surface area contributed by atoms with Gasteiger partial charge in [0, 0.05) is 25.8 Å². The lowest BCUT2D eigenvalue weighted by Gasteiger charge is -2.30. The van der Waals surface area contributed by atoms with Gasteiger partial charge in [0.2, 0.25) is 0 Å². The zero-order valence-electron chi connectivity index (χ0n) is 15.1. The van der Waals surface area contributed by atoms with E-state index in [0.717, 1.165) is 12.0 Å². The molecule has 0 aliphatic carbocycles. The third-order valence-corrected chi connectivity index (χ3v) is 4.37. The van der Waals surface area contributed by atoms with Crippen LogP contribution in [0.2, 0.25) is 0 Å². The maximum atomic E-state index is 12.2. The van der Waals surface area contributed by atoms with E-state index < -0.39 is 0 Å². The molecule has 1 N–H and O–H groups in total. The van der Waals surface area contributed by atoms with E-state index in [4.69, 9.17) is 4.74 Å². The van der Waals surface area contributed by atoms with E-state index in [1.54, 1.807) is 13.1 Å². The van der Waals surface area contributed by atoms with Crippen LogP contribution in [0.15, 0.2) is 42.1 Å². The molecule has 1 aliphatic heterocycles. The van der Waals surface area contributed by atoms with Crippen LogP contribution in [0.25, 0.3) is 0 Å². The molecule has 0 radical (unpaired) electrons. The molecule has 0 unspecified atom stereocenters. The number of carbonyl (C=O) groups excluding carboxylic acids is 2. The minimum Gasteiger partial charge on any atom is -0.466 e. The number of benzene rings is 1. The molecule has 0 spiro atoms. The molecule has 1 aliphatic rings. The Morgan fingerprint density at radius 3 is 2.62 bits per heavy atom. The zero-order valence-corrected chi connectivity index (χ0v) is 15.1. The normalized spacial score (nSPS) is 15.2. The number of nitriles is 1. The number of nitrogens with zero attached hydrogens (tertiary/aromatic N) is 2. The Balaban J connectivity index is 1.81. The van der Waals surface area contributed by atoms with Crippen LogP contribution in [0.3, 0.4) is 0 Å². The summed E-state index contributed by atoms with van der Waals surface area (Å²) in [7, 11) is 0. The third kappa shape index (κ3) is 5.92. The molecule has 1 aromatic carbocycles. The lowest BCUT2D eigenvalue weighted by atomic mass is 9.97. The van der Waals surface area contributed by atoms with Crippen LogP contribution in [-0.4, -0.2) is 43.0 Å². The van der Waals surface area contributed by atoms with E-state index in [0.29, 0.717) is 39.1 Å². The molecule has 138 valence electrons. The molecule has 0 bridgehead atoms. The van der Waals surface area contributed by atoms with Crippen LogP contribution in [0.5, 0.6) is 0 Å². The summed E-state index contributed by atoms with van der Waals surface area (Å²) in [5.41, 5.74) is 1.23. The predicted molar refractivity (Wildman–Crippen MR) is 97.8 cm³/mol. The molecule has 1 amide bonds. The summed E-state index contributed by atoms with van der Waals surface area (Å²) < 4.78 is 5.05. The van der Waals surface area contributed by atoms with Crippen molar-refractivity contribution in [1.29, 1.82) is 5.26 Å². The first kappa shape index (κ1) is 19.5. The van der Waals surface area contributed by atoms with Gasteiger partial charge in [-0.3, -0.25) is 9.59 Å². The third-order valence-electron chi connectivity index (χ3n) is 4.37. The first-order valence-corrected chi connectivity index (χ1v) is 8.98. The van der Waals surface area contributed by atoms with Crippen LogP contribution in [0, 0.1) is 17.2 Å². The van der Waals surface area contributed by atoms with Gasteiger partial charge in [-0.25, -0.2) is 0 Å².